The standard InChI is InChI=1S/C14H24N2O3S/c1-11(10-14(2,3)19-5)16-12-8-6-7-9-13(12)20(17,18)15-4/h6-9,11,15-16H,10H2,1-5H3. The summed E-state index contributed by atoms with van der Waals surface area (Å²) in [4.78, 5) is 0.254. The van der Waals surface area contributed by atoms with Crippen LogP contribution in [-0.2, 0) is 14.8 Å². The van der Waals surface area contributed by atoms with Gasteiger partial charge in [0.15, 0.2) is 0 Å². The second kappa shape index (κ2) is 6.56. The summed E-state index contributed by atoms with van der Waals surface area (Å²) in [5.74, 6) is 0. The molecule has 0 saturated carbocycles. The number of hydrogen-bond acceptors (Lipinski definition) is 4. The van der Waals surface area contributed by atoms with Gasteiger partial charge in [-0.3, -0.25) is 0 Å². The van der Waals surface area contributed by atoms with Gasteiger partial charge >= 0.3 is 0 Å². The van der Waals surface area contributed by atoms with Crippen LogP contribution in [0.2, 0.25) is 0 Å². The van der Waals surface area contributed by atoms with E-state index in [0.29, 0.717) is 5.69 Å². The zero-order valence-corrected chi connectivity index (χ0v) is 13.5. The molecule has 0 fully saturated rings. The van der Waals surface area contributed by atoms with Crippen molar-refractivity contribution in [3.63, 3.8) is 0 Å². The molecule has 0 radical (unpaired) electrons. The van der Waals surface area contributed by atoms with Crippen LogP contribution in [0.3, 0.4) is 0 Å². The summed E-state index contributed by atoms with van der Waals surface area (Å²) in [6.07, 6.45) is 0.761. The first-order chi connectivity index (χ1) is 9.22. The molecule has 0 aliphatic carbocycles. The minimum Gasteiger partial charge on any atom is -0.381 e. The summed E-state index contributed by atoms with van der Waals surface area (Å²) < 4.78 is 31.7. The minimum atomic E-state index is -3.47. The Morgan fingerprint density at radius 1 is 1.30 bits per heavy atom. The predicted octanol–water partition coefficient (Wildman–Crippen LogP) is 2.21. The lowest BCUT2D eigenvalue weighted by Gasteiger charge is -2.28. The Kier molecular flexibility index (Phi) is 5.56. The van der Waals surface area contributed by atoms with Crippen molar-refractivity contribution in [3.8, 4) is 0 Å². The number of sulfonamides is 1. The first-order valence-corrected chi connectivity index (χ1v) is 8.04. The molecular weight excluding hydrogens is 276 g/mol. The lowest BCUT2D eigenvalue weighted by molar-refractivity contribution is 0.0128. The van der Waals surface area contributed by atoms with Gasteiger partial charge in [-0.25, -0.2) is 13.1 Å². The average molecular weight is 300 g/mol. The van der Waals surface area contributed by atoms with Gasteiger partial charge in [0.05, 0.1) is 11.3 Å². The highest BCUT2D eigenvalue weighted by Gasteiger charge is 2.22. The van der Waals surface area contributed by atoms with E-state index in [1.54, 1.807) is 25.3 Å². The highest BCUT2D eigenvalue weighted by atomic mass is 32.2. The summed E-state index contributed by atoms with van der Waals surface area (Å²) in [7, 11) is -0.388. The van der Waals surface area contributed by atoms with Gasteiger partial charge < -0.3 is 10.1 Å². The molecule has 1 unspecified atom stereocenters. The molecule has 0 aliphatic heterocycles. The van der Waals surface area contributed by atoms with E-state index in [2.05, 4.69) is 10.0 Å². The number of rotatable bonds is 7. The lowest BCUT2D eigenvalue weighted by Crippen LogP contribution is -2.31. The normalized spacial score (nSPS) is 14.1. The second-order valence-corrected chi connectivity index (χ2v) is 7.27. The molecular formula is C14H24N2O3S. The van der Waals surface area contributed by atoms with E-state index >= 15 is 0 Å². The van der Waals surface area contributed by atoms with Gasteiger partial charge in [-0.05, 0) is 46.4 Å². The molecule has 1 rings (SSSR count). The Morgan fingerprint density at radius 2 is 1.90 bits per heavy atom. The zero-order chi connectivity index (χ0) is 15.4. The number of nitrogens with one attached hydrogen (secondary N) is 2. The number of hydrogen-bond donors (Lipinski definition) is 2. The van der Waals surface area contributed by atoms with Crippen molar-refractivity contribution in [1.82, 2.24) is 4.72 Å². The fraction of sp³-hybridized carbons (Fsp3) is 0.571. The molecule has 0 aliphatic rings. The highest BCUT2D eigenvalue weighted by molar-refractivity contribution is 7.89. The van der Waals surface area contributed by atoms with Gasteiger partial charge in [-0.2, -0.15) is 0 Å². The Labute approximate surface area is 121 Å². The molecule has 0 saturated heterocycles. The van der Waals surface area contributed by atoms with Crippen LogP contribution >= 0.6 is 0 Å². The summed E-state index contributed by atoms with van der Waals surface area (Å²) >= 11 is 0. The van der Waals surface area contributed by atoms with E-state index in [9.17, 15) is 8.42 Å². The quantitative estimate of drug-likeness (QED) is 0.810. The number of benzene rings is 1. The van der Waals surface area contributed by atoms with Crippen LogP contribution in [0.25, 0.3) is 0 Å². The van der Waals surface area contributed by atoms with Crippen molar-refractivity contribution in [2.24, 2.45) is 0 Å². The van der Waals surface area contributed by atoms with Gasteiger partial charge in [0.2, 0.25) is 10.0 Å². The van der Waals surface area contributed by atoms with Gasteiger partial charge in [0.1, 0.15) is 4.90 Å². The van der Waals surface area contributed by atoms with Gasteiger partial charge in [-0.1, -0.05) is 12.1 Å². The number of ether oxygens (including phenoxy) is 1. The molecule has 0 heterocycles. The first-order valence-electron chi connectivity index (χ1n) is 6.56. The molecule has 1 atom stereocenters. The maximum Gasteiger partial charge on any atom is 0.242 e. The van der Waals surface area contributed by atoms with Crippen LogP contribution in [0.15, 0.2) is 29.2 Å². The molecule has 0 amide bonds. The molecule has 20 heavy (non-hydrogen) atoms. The monoisotopic (exact) mass is 300 g/mol. The Balaban J connectivity index is 2.94. The molecule has 0 aromatic heterocycles. The molecule has 114 valence electrons. The van der Waals surface area contributed by atoms with E-state index < -0.39 is 10.0 Å². The van der Waals surface area contributed by atoms with Crippen molar-refractivity contribution < 1.29 is 13.2 Å². The van der Waals surface area contributed by atoms with Crippen LogP contribution < -0.4 is 10.0 Å². The van der Waals surface area contributed by atoms with Crippen molar-refractivity contribution >= 4 is 15.7 Å². The fourth-order valence-electron chi connectivity index (χ4n) is 2.07. The smallest absolute Gasteiger partial charge is 0.242 e. The molecule has 6 heteroatoms. The van der Waals surface area contributed by atoms with E-state index in [-0.39, 0.29) is 16.5 Å². The largest absolute Gasteiger partial charge is 0.381 e. The SMILES string of the molecule is CNS(=O)(=O)c1ccccc1NC(C)CC(C)(C)OC. The number of para-hydroxylation sites is 1. The van der Waals surface area contributed by atoms with Gasteiger partial charge in [-0.15, -0.1) is 0 Å². The Bertz CT molecular complexity index is 541. The van der Waals surface area contributed by atoms with Crippen LogP contribution in [0.4, 0.5) is 5.69 Å². The fourth-order valence-corrected chi connectivity index (χ4v) is 2.96. The van der Waals surface area contributed by atoms with E-state index in [0.717, 1.165) is 6.42 Å². The van der Waals surface area contributed by atoms with Crippen molar-refractivity contribution in [2.45, 2.75) is 43.7 Å². The van der Waals surface area contributed by atoms with Gasteiger partial charge in [0, 0.05) is 13.2 Å². The van der Waals surface area contributed by atoms with E-state index in [1.807, 2.05) is 26.8 Å². The topological polar surface area (TPSA) is 67.4 Å². The molecule has 1 aromatic carbocycles. The molecule has 2 N–H and O–H groups in total. The molecule has 0 spiro atoms. The second-order valence-electron chi connectivity index (χ2n) is 5.42. The third-order valence-electron chi connectivity index (χ3n) is 3.20. The highest BCUT2D eigenvalue weighted by Crippen LogP contribution is 2.24. The first kappa shape index (κ1) is 16.9. The lowest BCUT2D eigenvalue weighted by atomic mass is 10.00. The maximum absolute atomic E-state index is 12.0. The Hall–Kier alpha value is -1.11. The zero-order valence-electron chi connectivity index (χ0n) is 12.7. The van der Waals surface area contributed by atoms with Gasteiger partial charge in [0.25, 0.3) is 0 Å². The number of methoxy groups -OCH3 is 1. The number of anilines is 1. The third-order valence-corrected chi connectivity index (χ3v) is 4.67. The van der Waals surface area contributed by atoms with Crippen LogP contribution in [0.1, 0.15) is 27.2 Å². The van der Waals surface area contributed by atoms with Crippen molar-refractivity contribution in [2.75, 3.05) is 19.5 Å². The predicted molar refractivity (Wildman–Crippen MR) is 81.5 cm³/mol. The molecule has 5 nitrogen and oxygen atoms in total. The maximum atomic E-state index is 12.0. The van der Waals surface area contributed by atoms with E-state index in [4.69, 9.17) is 4.74 Å². The molecule has 1 aromatic rings. The summed E-state index contributed by atoms with van der Waals surface area (Å²) in [5.41, 5.74) is 0.338. The summed E-state index contributed by atoms with van der Waals surface area (Å²) in [6, 6.07) is 6.95. The average Bonchev–Trinajstić information content (AvgIpc) is 2.38. The summed E-state index contributed by atoms with van der Waals surface area (Å²) in [5, 5.41) is 3.24. The van der Waals surface area contributed by atoms with Crippen LogP contribution in [-0.4, -0.2) is 34.2 Å². The van der Waals surface area contributed by atoms with Crippen LogP contribution in [0, 0.1) is 0 Å². The van der Waals surface area contributed by atoms with Crippen molar-refractivity contribution in [3.05, 3.63) is 24.3 Å². The van der Waals surface area contributed by atoms with Crippen molar-refractivity contribution in [1.29, 1.82) is 0 Å². The third kappa shape index (κ3) is 4.47. The molecule has 0 bridgehead atoms. The van der Waals surface area contributed by atoms with E-state index in [1.165, 1.54) is 7.05 Å². The van der Waals surface area contributed by atoms with Crippen LogP contribution in [0.5, 0.6) is 0 Å². The summed E-state index contributed by atoms with van der Waals surface area (Å²) in [6.45, 7) is 6.01. The minimum absolute atomic E-state index is 0.0816. The Morgan fingerprint density at radius 3 is 2.45 bits per heavy atom.